The largest absolute Gasteiger partial charge is 0.416 e. The summed E-state index contributed by atoms with van der Waals surface area (Å²) in [5, 5.41) is 2.82. The van der Waals surface area contributed by atoms with Crippen LogP contribution < -0.4 is 5.32 Å². The molecule has 0 aliphatic heterocycles. The van der Waals surface area contributed by atoms with Gasteiger partial charge >= 0.3 is 6.18 Å². The van der Waals surface area contributed by atoms with E-state index in [1.54, 1.807) is 6.92 Å². The summed E-state index contributed by atoms with van der Waals surface area (Å²) in [6.07, 6.45) is -4.41. The SMILES string of the molecule is CCS(=O)(=O)CCNC(C)c1ccccc1C(F)(F)F. The van der Waals surface area contributed by atoms with Gasteiger partial charge in [0.2, 0.25) is 0 Å². The monoisotopic (exact) mass is 309 g/mol. The van der Waals surface area contributed by atoms with E-state index in [0.717, 1.165) is 6.07 Å². The molecule has 0 aromatic heterocycles. The average Bonchev–Trinajstić information content (AvgIpc) is 2.37. The molecule has 1 aromatic carbocycles. The molecule has 1 atom stereocenters. The number of halogens is 3. The molecule has 1 unspecified atom stereocenters. The fourth-order valence-electron chi connectivity index (χ4n) is 1.82. The van der Waals surface area contributed by atoms with Gasteiger partial charge in [0.05, 0.1) is 11.3 Å². The summed E-state index contributed by atoms with van der Waals surface area (Å²) in [4.78, 5) is 0. The van der Waals surface area contributed by atoms with Crippen molar-refractivity contribution in [3.63, 3.8) is 0 Å². The van der Waals surface area contributed by atoms with E-state index in [-0.39, 0.29) is 23.6 Å². The van der Waals surface area contributed by atoms with E-state index in [0.29, 0.717) is 0 Å². The molecule has 0 aliphatic carbocycles. The minimum atomic E-state index is -4.41. The predicted molar refractivity (Wildman–Crippen MR) is 72.2 cm³/mol. The van der Waals surface area contributed by atoms with Crippen LogP contribution in [0.5, 0.6) is 0 Å². The first-order valence-electron chi connectivity index (χ1n) is 6.27. The zero-order valence-electron chi connectivity index (χ0n) is 11.4. The number of benzene rings is 1. The fraction of sp³-hybridized carbons (Fsp3) is 0.538. The Balaban J connectivity index is 2.76. The normalized spacial score (nSPS) is 14.2. The summed E-state index contributed by atoms with van der Waals surface area (Å²) in [5.74, 6) is -0.0514. The van der Waals surface area contributed by atoms with Crippen LogP contribution in [0.2, 0.25) is 0 Å². The third-order valence-corrected chi connectivity index (χ3v) is 4.74. The van der Waals surface area contributed by atoms with Gasteiger partial charge in [0.1, 0.15) is 0 Å². The lowest BCUT2D eigenvalue weighted by molar-refractivity contribution is -0.138. The summed E-state index contributed by atoms with van der Waals surface area (Å²) >= 11 is 0. The minimum absolute atomic E-state index is 0.0300. The van der Waals surface area contributed by atoms with Gasteiger partial charge < -0.3 is 5.32 Å². The molecule has 1 rings (SSSR count). The number of nitrogens with one attached hydrogen (secondary N) is 1. The van der Waals surface area contributed by atoms with Crippen molar-refractivity contribution in [1.29, 1.82) is 0 Å². The Bertz CT molecular complexity index is 541. The number of hydrogen-bond donors (Lipinski definition) is 1. The lowest BCUT2D eigenvalue weighted by Crippen LogP contribution is -2.27. The van der Waals surface area contributed by atoms with Gasteiger partial charge in [-0.1, -0.05) is 25.1 Å². The Kier molecular flexibility index (Phi) is 5.59. The highest BCUT2D eigenvalue weighted by atomic mass is 32.2. The van der Waals surface area contributed by atoms with Crippen LogP contribution in [-0.4, -0.2) is 26.5 Å². The van der Waals surface area contributed by atoms with Gasteiger partial charge in [-0.15, -0.1) is 0 Å². The summed E-state index contributed by atoms with van der Waals surface area (Å²) in [6, 6.07) is 4.72. The van der Waals surface area contributed by atoms with E-state index in [4.69, 9.17) is 0 Å². The molecule has 0 heterocycles. The first-order chi connectivity index (χ1) is 9.17. The van der Waals surface area contributed by atoms with Crippen LogP contribution in [0.1, 0.15) is 31.0 Å². The van der Waals surface area contributed by atoms with E-state index < -0.39 is 27.6 Å². The maximum absolute atomic E-state index is 12.9. The second-order valence-electron chi connectivity index (χ2n) is 4.50. The van der Waals surface area contributed by atoms with Crippen molar-refractivity contribution < 1.29 is 21.6 Å². The van der Waals surface area contributed by atoms with Crippen molar-refractivity contribution in [3.8, 4) is 0 Å². The van der Waals surface area contributed by atoms with Gasteiger partial charge in [-0.3, -0.25) is 0 Å². The summed E-state index contributed by atoms with van der Waals surface area (Å²) in [6.45, 7) is 3.25. The molecule has 0 bridgehead atoms. The molecule has 0 fully saturated rings. The lowest BCUT2D eigenvalue weighted by atomic mass is 10.0. The zero-order valence-corrected chi connectivity index (χ0v) is 12.2. The van der Waals surface area contributed by atoms with Crippen molar-refractivity contribution in [2.24, 2.45) is 0 Å². The first kappa shape index (κ1) is 17.0. The molecule has 1 N–H and O–H groups in total. The Labute approximate surface area is 117 Å². The Morgan fingerprint density at radius 3 is 2.40 bits per heavy atom. The Hall–Kier alpha value is -1.08. The van der Waals surface area contributed by atoms with Crippen LogP contribution in [0, 0.1) is 0 Å². The number of alkyl halides is 3. The smallest absolute Gasteiger partial charge is 0.309 e. The molecule has 1 aromatic rings. The van der Waals surface area contributed by atoms with E-state index >= 15 is 0 Å². The highest BCUT2D eigenvalue weighted by Gasteiger charge is 2.34. The Morgan fingerprint density at radius 1 is 1.25 bits per heavy atom. The standard InChI is InChI=1S/C13H18F3NO2S/c1-3-20(18,19)9-8-17-10(2)11-6-4-5-7-12(11)13(14,15)16/h4-7,10,17H,3,8-9H2,1-2H3. The topological polar surface area (TPSA) is 46.2 Å². The van der Waals surface area contributed by atoms with Crippen LogP contribution in [0.3, 0.4) is 0 Å². The first-order valence-corrected chi connectivity index (χ1v) is 8.09. The lowest BCUT2D eigenvalue weighted by Gasteiger charge is -2.19. The van der Waals surface area contributed by atoms with Crippen molar-refractivity contribution >= 4 is 9.84 Å². The van der Waals surface area contributed by atoms with Gasteiger partial charge in [-0.05, 0) is 18.6 Å². The molecular weight excluding hydrogens is 291 g/mol. The van der Waals surface area contributed by atoms with Crippen LogP contribution in [0.25, 0.3) is 0 Å². The van der Waals surface area contributed by atoms with Crippen molar-refractivity contribution in [2.75, 3.05) is 18.1 Å². The van der Waals surface area contributed by atoms with Gasteiger partial charge in [0.15, 0.2) is 9.84 Å². The van der Waals surface area contributed by atoms with Crippen molar-refractivity contribution in [3.05, 3.63) is 35.4 Å². The average molecular weight is 309 g/mol. The maximum atomic E-state index is 12.9. The molecule has 114 valence electrons. The molecule has 0 aliphatic rings. The van der Waals surface area contributed by atoms with Crippen molar-refractivity contribution in [1.82, 2.24) is 5.32 Å². The van der Waals surface area contributed by atoms with E-state index in [1.165, 1.54) is 25.1 Å². The summed E-state index contributed by atoms with van der Waals surface area (Å²) in [7, 11) is -3.12. The fourth-order valence-corrected chi connectivity index (χ4v) is 2.54. The number of hydrogen-bond acceptors (Lipinski definition) is 3. The summed E-state index contributed by atoms with van der Waals surface area (Å²) in [5.41, 5.74) is -0.577. The van der Waals surface area contributed by atoms with Gasteiger partial charge in [-0.25, -0.2) is 8.42 Å². The highest BCUT2D eigenvalue weighted by Crippen LogP contribution is 2.34. The second-order valence-corrected chi connectivity index (χ2v) is 6.97. The van der Waals surface area contributed by atoms with Crippen LogP contribution in [-0.2, 0) is 16.0 Å². The second kappa shape index (κ2) is 6.58. The quantitative estimate of drug-likeness (QED) is 0.879. The number of rotatable bonds is 6. The van der Waals surface area contributed by atoms with E-state index in [1.807, 2.05) is 0 Å². The van der Waals surface area contributed by atoms with Gasteiger partial charge in [-0.2, -0.15) is 13.2 Å². The summed E-state index contributed by atoms with van der Waals surface area (Å²) < 4.78 is 61.2. The third kappa shape index (κ3) is 4.79. The predicted octanol–water partition coefficient (Wildman–Crippen LogP) is 2.79. The maximum Gasteiger partial charge on any atom is 0.416 e. The molecular formula is C13H18F3NO2S. The number of sulfone groups is 1. The molecule has 0 spiro atoms. The van der Waals surface area contributed by atoms with Crippen LogP contribution in [0.4, 0.5) is 13.2 Å². The van der Waals surface area contributed by atoms with E-state index in [9.17, 15) is 21.6 Å². The molecule has 0 saturated heterocycles. The van der Waals surface area contributed by atoms with E-state index in [2.05, 4.69) is 5.32 Å². The molecule has 0 radical (unpaired) electrons. The molecule has 3 nitrogen and oxygen atoms in total. The third-order valence-electron chi connectivity index (χ3n) is 3.04. The van der Waals surface area contributed by atoms with Gasteiger partial charge in [0.25, 0.3) is 0 Å². The van der Waals surface area contributed by atoms with Crippen LogP contribution in [0.15, 0.2) is 24.3 Å². The molecule has 7 heteroatoms. The van der Waals surface area contributed by atoms with Gasteiger partial charge in [0, 0.05) is 18.3 Å². The van der Waals surface area contributed by atoms with Crippen molar-refractivity contribution in [2.45, 2.75) is 26.1 Å². The zero-order chi connectivity index (χ0) is 15.4. The highest BCUT2D eigenvalue weighted by molar-refractivity contribution is 7.91. The Morgan fingerprint density at radius 2 is 1.85 bits per heavy atom. The molecule has 0 saturated carbocycles. The molecule has 20 heavy (non-hydrogen) atoms. The molecule has 0 amide bonds. The van der Waals surface area contributed by atoms with Crippen LogP contribution >= 0.6 is 0 Å². The minimum Gasteiger partial charge on any atom is -0.309 e.